The van der Waals surface area contributed by atoms with E-state index in [9.17, 15) is 18.0 Å². The second-order valence-corrected chi connectivity index (χ2v) is 7.03. The first-order chi connectivity index (χ1) is 9.75. The first-order valence-corrected chi connectivity index (χ1v) is 8.64. The maximum Gasteiger partial charge on any atom is 0.309 e. The standard InChI is InChI=1S/C13H22N2O5S/c1-4-7-14-12(16)10(2)20-13(17)11-5-8-15(9-6-11)21(3,18)19/h4,10-11H,1,5-9H2,2-3H3,(H,14,16). The smallest absolute Gasteiger partial charge is 0.309 e. The van der Waals surface area contributed by atoms with Crippen LogP contribution in [0.15, 0.2) is 12.7 Å². The number of ether oxygens (including phenoxy) is 1. The molecule has 1 N–H and O–H groups in total. The fourth-order valence-electron chi connectivity index (χ4n) is 2.06. The normalized spacial score (nSPS) is 18.8. The molecule has 1 aliphatic rings. The third kappa shape index (κ3) is 5.47. The molecule has 0 aromatic heterocycles. The van der Waals surface area contributed by atoms with Crippen molar-refractivity contribution in [2.45, 2.75) is 25.9 Å². The number of nitrogens with zero attached hydrogens (tertiary/aromatic N) is 1. The Morgan fingerprint density at radius 2 is 2.00 bits per heavy atom. The van der Waals surface area contributed by atoms with Gasteiger partial charge in [-0.05, 0) is 19.8 Å². The van der Waals surface area contributed by atoms with Gasteiger partial charge in [0.1, 0.15) is 0 Å². The molecular formula is C13H22N2O5S. The van der Waals surface area contributed by atoms with Crippen LogP contribution < -0.4 is 5.32 Å². The maximum atomic E-state index is 12.0. The summed E-state index contributed by atoms with van der Waals surface area (Å²) in [5, 5.41) is 2.55. The van der Waals surface area contributed by atoms with Crippen molar-refractivity contribution in [1.29, 1.82) is 0 Å². The Bertz CT molecular complexity index is 495. The van der Waals surface area contributed by atoms with Gasteiger partial charge in [0.15, 0.2) is 6.10 Å². The van der Waals surface area contributed by atoms with E-state index < -0.39 is 22.1 Å². The molecule has 0 aromatic rings. The lowest BCUT2D eigenvalue weighted by molar-refractivity contribution is -0.159. The zero-order valence-electron chi connectivity index (χ0n) is 12.4. The first kappa shape index (κ1) is 17.6. The van der Waals surface area contributed by atoms with Crippen LogP contribution in [-0.2, 0) is 24.3 Å². The summed E-state index contributed by atoms with van der Waals surface area (Å²) < 4.78 is 29.2. The number of carbonyl (C=O) groups is 2. The molecule has 1 saturated heterocycles. The zero-order chi connectivity index (χ0) is 16.0. The van der Waals surface area contributed by atoms with Crippen molar-refractivity contribution in [2.75, 3.05) is 25.9 Å². The van der Waals surface area contributed by atoms with Crippen LogP contribution in [0.4, 0.5) is 0 Å². The van der Waals surface area contributed by atoms with Gasteiger partial charge >= 0.3 is 5.97 Å². The monoisotopic (exact) mass is 318 g/mol. The number of amides is 1. The van der Waals surface area contributed by atoms with Crippen molar-refractivity contribution in [3.8, 4) is 0 Å². The number of sulfonamides is 1. The molecule has 0 spiro atoms. The predicted octanol–water partition coefficient (Wildman–Crippen LogP) is -0.108. The van der Waals surface area contributed by atoms with E-state index in [-0.39, 0.29) is 11.8 Å². The van der Waals surface area contributed by atoms with Gasteiger partial charge in [-0.3, -0.25) is 9.59 Å². The molecule has 0 aliphatic carbocycles. The summed E-state index contributed by atoms with van der Waals surface area (Å²) in [5.41, 5.74) is 0. The van der Waals surface area contributed by atoms with Crippen molar-refractivity contribution in [3.05, 3.63) is 12.7 Å². The summed E-state index contributed by atoms with van der Waals surface area (Å²) in [7, 11) is -3.21. The van der Waals surface area contributed by atoms with Gasteiger partial charge in [-0.1, -0.05) is 6.08 Å². The highest BCUT2D eigenvalue weighted by Crippen LogP contribution is 2.20. The molecule has 8 heteroatoms. The van der Waals surface area contributed by atoms with Crippen LogP contribution in [-0.4, -0.2) is 56.6 Å². The first-order valence-electron chi connectivity index (χ1n) is 6.80. The van der Waals surface area contributed by atoms with E-state index in [1.807, 2.05) is 0 Å². The number of rotatable bonds is 6. The van der Waals surface area contributed by atoms with Gasteiger partial charge in [-0.25, -0.2) is 12.7 Å². The molecule has 0 bridgehead atoms. The molecule has 1 amide bonds. The van der Waals surface area contributed by atoms with Crippen molar-refractivity contribution in [2.24, 2.45) is 5.92 Å². The molecule has 0 saturated carbocycles. The van der Waals surface area contributed by atoms with E-state index in [0.29, 0.717) is 32.5 Å². The average molecular weight is 318 g/mol. The highest BCUT2D eigenvalue weighted by Gasteiger charge is 2.31. The second-order valence-electron chi connectivity index (χ2n) is 5.05. The fourth-order valence-corrected chi connectivity index (χ4v) is 2.94. The molecule has 120 valence electrons. The molecule has 0 radical (unpaired) electrons. The third-order valence-corrected chi connectivity index (χ3v) is 4.64. The van der Waals surface area contributed by atoms with E-state index in [1.54, 1.807) is 0 Å². The SMILES string of the molecule is C=CCNC(=O)C(C)OC(=O)C1CCN(S(C)(=O)=O)CC1. The van der Waals surface area contributed by atoms with Gasteiger partial charge in [0, 0.05) is 19.6 Å². The van der Waals surface area contributed by atoms with Crippen LogP contribution in [0.25, 0.3) is 0 Å². The lowest BCUT2D eigenvalue weighted by Crippen LogP contribution is -2.42. The Kier molecular flexibility index (Phi) is 6.35. The minimum Gasteiger partial charge on any atom is -0.452 e. The van der Waals surface area contributed by atoms with Gasteiger partial charge in [0.25, 0.3) is 5.91 Å². The Morgan fingerprint density at radius 1 is 1.43 bits per heavy atom. The van der Waals surface area contributed by atoms with E-state index in [0.717, 1.165) is 6.26 Å². The predicted molar refractivity (Wildman–Crippen MR) is 77.9 cm³/mol. The largest absolute Gasteiger partial charge is 0.452 e. The van der Waals surface area contributed by atoms with Crippen LogP contribution in [0.1, 0.15) is 19.8 Å². The van der Waals surface area contributed by atoms with Gasteiger partial charge in [0.05, 0.1) is 12.2 Å². The summed E-state index contributed by atoms with van der Waals surface area (Å²) in [6.45, 7) is 5.89. The summed E-state index contributed by atoms with van der Waals surface area (Å²) in [6.07, 6.45) is 2.63. The Morgan fingerprint density at radius 3 is 2.48 bits per heavy atom. The van der Waals surface area contributed by atoms with Gasteiger partial charge in [-0.15, -0.1) is 6.58 Å². The summed E-state index contributed by atoms with van der Waals surface area (Å²) in [5.74, 6) is -1.20. The maximum absolute atomic E-state index is 12.0. The molecule has 1 rings (SSSR count). The molecule has 1 fully saturated rings. The van der Waals surface area contributed by atoms with Crippen molar-refractivity contribution < 1.29 is 22.7 Å². The minimum atomic E-state index is -3.21. The summed E-state index contributed by atoms with van der Waals surface area (Å²) in [6, 6.07) is 0. The molecule has 0 aromatic carbocycles. The molecular weight excluding hydrogens is 296 g/mol. The molecule has 21 heavy (non-hydrogen) atoms. The molecule has 1 atom stereocenters. The summed E-state index contributed by atoms with van der Waals surface area (Å²) >= 11 is 0. The highest BCUT2D eigenvalue weighted by atomic mass is 32.2. The second kappa shape index (κ2) is 7.56. The number of carbonyl (C=O) groups excluding carboxylic acids is 2. The van der Waals surface area contributed by atoms with E-state index in [2.05, 4.69) is 11.9 Å². The minimum absolute atomic E-state index is 0.301. The lowest BCUT2D eigenvalue weighted by Gasteiger charge is -2.29. The average Bonchev–Trinajstić information content (AvgIpc) is 2.43. The highest BCUT2D eigenvalue weighted by molar-refractivity contribution is 7.88. The van der Waals surface area contributed by atoms with Crippen LogP contribution in [0, 0.1) is 5.92 Å². The molecule has 1 heterocycles. The van der Waals surface area contributed by atoms with Crippen molar-refractivity contribution in [1.82, 2.24) is 9.62 Å². The molecule has 7 nitrogen and oxygen atoms in total. The number of piperidine rings is 1. The number of nitrogens with one attached hydrogen (secondary N) is 1. The Hall–Kier alpha value is -1.41. The number of hydrogen-bond acceptors (Lipinski definition) is 5. The van der Waals surface area contributed by atoms with Gasteiger partial charge in [0.2, 0.25) is 10.0 Å². The summed E-state index contributed by atoms with van der Waals surface area (Å²) in [4.78, 5) is 23.5. The third-order valence-electron chi connectivity index (χ3n) is 3.34. The molecule has 1 aliphatic heterocycles. The lowest BCUT2D eigenvalue weighted by atomic mass is 9.98. The Labute approximate surface area is 125 Å². The number of hydrogen-bond donors (Lipinski definition) is 1. The topological polar surface area (TPSA) is 92.8 Å². The van der Waals surface area contributed by atoms with Crippen molar-refractivity contribution in [3.63, 3.8) is 0 Å². The van der Waals surface area contributed by atoms with Crippen LogP contribution in [0.5, 0.6) is 0 Å². The van der Waals surface area contributed by atoms with E-state index in [4.69, 9.17) is 4.74 Å². The number of esters is 1. The van der Waals surface area contributed by atoms with Gasteiger partial charge < -0.3 is 10.1 Å². The van der Waals surface area contributed by atoms with Crippen LogP contribution >= 0.6 is 0 Å². The fraction of sp³-hybridized carbons (Fsp3) is 0.692. The van der Waals surface area contributed by atoms with Crippen molar-refractivity contribution >= 4 is 21.9 Å². The van der Waals surface area contributed by atoms with Crippen LogP contribution in [0.2, 0.25) is 0 Å². The Balaban J connectivity index is 2.44. The zero-order valence-corrected chi connectivity index (χ0v) is 13.2. The molecule has 1 unspecified atom stereocenters. The quantitative estimate of drug-likeness (QED) is 0.545. The van der Waals surface area contributed by atoms with E-state index in [1.165, 1.54) is 17.3 Å². The van der Waals surface area contributed by atoms with E-state index >= 15 is 0 Å². The van der Waals surface area contributed by atoms with Gasteiger partial charge in [-0.2, -0.15) is 0 Å². The van der Waals surface area contributed by atoms with Crippen LogP contribution in [0.3, 0.4) is 0 Å².